The van der Waals surface area contributed by atoms with E-state index in [1.165, 1.54) is 38.5 Å². The lowest BCUT2D eigenvalue weighted by molar-refractivity contribution is 0.0970. The molecular formula is C12H25NO2. The minimum atomic E-state index is 0.495. The van der Waals surface area contributed by atoms with Crippen LogP contribution in [0.25, 0.3) is 0 Å². The summed E-state index contributed by atoms with van der Waals surface area (Å²) in [4.78, 5) is 14.4. The molecule has 0 bridgehead atoms. The van der Waals surface area contributed by atoms with Gasteiger partial charge in [0.15, 0.2) is 5.34 Å². The molecule has 3 nitrogen and oxygen atoms in total. The molecule has 0 radical (unpaired) electrons. The first-order valence-corrected chi connectivity index (χ1v) is 6.29. The first-order valence-electron chi connectivity index (χ1n) is 6.29. The van der Waals surface area contributed by atoms with Gasteiger partial charge in [0, 0.05) is 0 Å². The van der Waals surface area contributed by atoms with Gasteiger partial charge >= 0.3 is 0 Å². The second kappa shape index (κ2) is 11.5. The van der Waals surface area contributed by atoms with Crippen LogP contribution in [0.1, 0.15) is 65.2 Å². The van der Waals surface area contributed by atoms with Gasteiger partial charge in [-0.1, -0.05) is 52.4 Å². The molecule has 0 amide bonds. The van der Waals surface area contributed by atoms with E-state index in [-0.39, 0.29) is 0 Å². The molecule has 0 saturated carbocycles. The van der Waals surface area contributed by atoms with E-state index in [1.54, 1.807) is 0 Å². The number of unbranched alkanes of at least 4 members (excludes halogenated alkanes) is 5. The van der Waals surface area contributed by atoms with E-state index >= 15 is 0 Å². The topological polar surface area (TPSA) is 38.7 Å². The highest BCUT2D eigenvalue weighted by molar-refractivity contribution is 4.56. The van der Waals surface area contributed by atoms with Crippen molar-refractivity contribution in [1.82, 2.24) is 0 Å². The summed E-state index contributed by atoms with van der Waals surface area (Å²) in [5, 5.41) is 2.44. The SMILES string of the molecule is CCCCCCCCC(CC)CON=O. The second-order valence-electron chi connectivity index (χ2n) is 4.20. The molecule has 3 heteroatoms. The van der Waals surface area contributed by atoms with Crippen molar-refractivity contribution in [2.45, 2.75) is 65.2 Å². The highest BCUT2D eigenvalue weighted by atomic mass is 16.7. The average molecular weight is 215 g/mol. The fraction of sp³-hybridized carbons (Fsp3) is 1.00. The zero-order valence-electron chi connectivity index (χ0n) is 10.2. The molecule has 0 aromatic carbocycles. The molecule has 0 saturated heterocycles. The van der Waals surface area contributed by atoms with Crippen molar-refractivity contribution in [1.29, 1.82) is 0 Å². The number of nitrogens with zero attached hydrogens (tertiary/aromatic N) is 1. The number of hydrogen-bond donors (Lipinski definition) is 0. The maximum Gasteiger partial charge on any atom is 0.155 e. The lowest BCUT2D eigenvalue weighted by Crippen LogP contribution is -2.06. The molecule has 0 rings (SSSR count). The standard InChI is InChI=1S/C12H25NO2/c1-3-5-6-7-8-9-10-12(4-2)11-15-13-14/h12H,3-11H2,1-2H3. The van der Waals surface area contributed by atoms with Crippen LogP contribution in [0.3, 0.4) is 0 Å². The Hall–Kier alpha value is -0.600. The van der Waals surface area contributed by atoms with Crippen LogP contribution < -0.4 is 0 Å². The van der Waals surface area contributed by atoms with Gasteiger partial charge in [-0.05, 0) is 18.8 Å². The Kier molecular flexibility index (Phi) is 11.0. The monoisotopic (exact) mass is 215 g/mol. The Morgan fingerprint density at radius 1 is 1.07 bits per heavy atom. The third-order valence-electron chi connectivity index (χ3n) is 2.91. The maximum atomic E-state index is 9.80. The highest BCUT2D eigenvalue weighted by Crippen LogP contribution is 2.15. The van der Waals surface area contributed by atoms with Gasteiger partial charge in [-0.25, -0.2) is 0 Å². The fourth-order valence-corrected chi connectivity index (χ4v) is 1.75. The molecular weight excluding hydrogens is 190 g/mol. The average Bonchev–Trinajstić information content (AvgIpc) is 2.27. The van der Waals surface area contributed by atoms with Crippen LogP contribution in [0.5, 0.6) is 0 Å². The van der Waals surface area contributed by atoms with Crippen LogP contribution in [0, 0.1) is 10.8 Å². The molecule has 0 aliphatic carbocycles. The van der Waals surface area contributed by atoms with E-state index in [1.807, 2.05) is 0 Å². The van der Waals surface area contributed by atoms with Crippen LogP contribution in [0.4, 0.5) is 0 Å². The number of rotatable bonds is 11. The summed E-state index contributed by atoms with van der Waals surface area (Å²) in [5.41, 5.74) is 0. The molecule has 0 fully saturated rings. The zero-order chi connectivity index (χ0) is 11.4. The van der Waals surface area contributed by atoms with E-state index in [4.69, 9.17) is 0 Å². The normalized spacial score (nSPS) is 12.4. The van der Waals surface area contributed by atoms with Crippen LogP contribution in [-0.4, -0.2) is 6.61 Å². The summed E-state index contributed by atoms with van der Waals surface area (Å²) in [6, 6.07) is 0. The van der Waals surface area contributed by atoms with E-state index in [0.717, 1.165) is 12.8 Å². The molecule has 0 spiro atoms. The first kappa shape index (κ1) is 14.4. The van der Waals surface area contributed by atoms with Gasteiger partial charge in [0.25, 0.3) is 0 Å². The van der Waals surface area contributed by atoms with Crippen molar-refractivity contribution in [2.75, 3.05) is 6.61 Å². The molecule has 0 aromatic rings. The molecule has 0 aliphatic rings. The maximum absolute atomic E-state index is 9.80. The van der Waals surface area contributed by atoms with Gasteiger partial charge in [-0.3, -0.25) is 0 Å². The van der Waals surface area contributed by atoms with Crippen molar-refractivity contribution < 1.29 is 4.84 Å². The largest absolute Gasteiger partial charge is 0.364 e. The van der Waals surface area contributed by atoms with Gasteiger partial charge < -0.3 is 4.84 Å². The molecule has 90 valence electrons. The zero-order valence-corrected chi connectivity index (χ0v) is 10.2. The second-order valence-corrected chi connectivity index (χ2v) is 4.20. The van der Waals surface area contributed by atoms with E-state index in [0.29, 0.717) is 12.5 Å². The summed E-state index contributed by atoms with van der Waals surface area (Å²) < 4.78 is 0. The highest BCUT2D eigenvalue weighted by Gasteiger charge is 2.06. The van der Waals surface area contributed by atoms with E-state index < -0.39 is 0 Å². The number of hydrogen-bond acceptors (Lipinski definition) is 3. The molecule has 15 heavy (non-hydrogen) atoms. The molecule has 1 unspecified atom stereocenters. The van der Waals surface area contributed by atoms with E-state index in [9.17, 15) is 4.91 Å². The predicted molar refractivity (Wildman–Crippen MR) is 63.5 cm³/mol. The van der Waals surface area contributed by atoms with Crippen LogP contribution >= 0.6 is 0 Å². The Morgan fingerprint density at radius 2 is 1.73 bits per heavy atom. The third-order valence-corrected chi connectivity index (χ3v) is 2.91. The van der Waals surface area contributed by atoms with Gasteiger partial charge in [0.1, 0.15) is 6.61 Å². The van der Waals surface area contributed by atoms with Gasteiger partial charge in [0.2, 0.25) is 0 Å². The summed E-state index contributed by atoms with van der Waals surface area (Å²) in [6.07, 6.45) is 10.2. The van der Waals surface area contributed by atoms with Crippen LogP contribution in [-0.2, 0) is 4.84 Å². The third kappa shape index (κ3) is 9.70. The smallest absolute Gasteiger partial charge is 0.155 e. The van der Waals surface area contributed by atoms with Crippen molar-refractivity contribution in [3.63, 3.8) is 0 Å². The Morgan fingerprint density at radius 3 is 2.33 bits per heavy atom. The summed E-state index contributed by atoms with van der Waals surface area (Å²) >= 11 is 0. The van der Waals surface area contributed by atoms with Gasteiger partial charge in [-0.2, -0.15) is 0 Å². The molecule has 0 N–H and O–H groups in total. The molecule has 0 aromatic heterocycles. The van der Waals surface area contributed by atoms with Crippen molar-refractivity contribution in [3.05, 3.63) is 4.91 Å². The Balaban J connectivity index is 3.26. The minimum Gasteiger partial charge on any atom is -0.364 e. The summed E-state index contributed by atoms with van der Waals surface area (Å²) in [5.74, 6) is 0.508. The Labute approximate surface area is 93.5 Å². The summed E-state index contributed by atoms with van der Waals surface area (Å²) in [6.45, 7) is 4.86. The molecule has 0 heterocycles. The van der Waals surface area contributed by atoms with Crippen molar-refractivity contribution >= 4 is 0 Å². The predicted octanol–water partition coefficient (Wildman–Crippen LogP) is 4.46. The van der Waals surface area contributed by atoms with Crippen molar-refractivity contribution in [3.8, 4) is 0 Å². The van der Waals surface area contributed by atoms with Gasteiger partial charge in [0.05, 0.1) is 0 Å². The lowest BCUT2D eigenvalue weighted by atomic mass is 9.99. The fourth-order valence-electron chi connectivity index (χ4n) is 1.75. The van der Waals surface area contributed by atoms with Gasteiger partial charge in [-0.15, -0.1) is 4.91 Å². The lowest BCUT2D eigenvalue weighted by Gasteiger charge is -2.11. The first-order chi connectivity index (χ1) is 7.35. The quantitative estimate of drug-likeness (QED) is 0.290. The van der Waals surface area contributed by atoms with Crippen LogP contribution in [0.2, 0.25) is 0 Å². The summed E-state index contributed by atoms with van der Waals surface area (Å²) in [7, 11) is 0. The minimum absolute atomic E-state index is 0.495. The Bertz CT molecular complexity index is 140. The van der Waals surface area contributed by atoms with Crippen molar-refractivity contribution in [2.24, 2.45) is 11.3 Å². The molecule has 1 atom stereocenters. The van der Waals surface area contributed by atoms with E-state index in [2.05, 4.69) is 24.0 Å². The van der Waals surface area contributed by atoms with Crippen LogP contribution in [0.15, 0.2) is 5.34 Å². The molecule has 0 aliphatic heterocycles.